The molecule has 0 saturated carbocycles. The summed E-state index contributed by atoms with van der Waals surface area (Å²) in [5, 5.41) is 2.60. The van der Waals surface area contributed by atoms with Gasteiger partial charge in [-0.25, -0.2) is 0 Å². The highest BCUT2D eigenvalue weighted by Crippen LogP contribution is 2.30. The second-order valence-corrected chi connectivity index (χ2v) is 5.02. The second-order valence-electron chi connectivity index (χ2n) is 5.02. The van der Waals surface area contributed by atoms with Crippen LogP contribution in [-0.2, 0) is 11.0 Å². The first-order valence-corrected chi connectivity index (χ1v) is 7.22. The molecule has 0 saturated heterocycles. The van der Waals surface area contributed by atoms with Gasteiger partial charge in [0.15, 0.2) is 11.5 Å². The zero-order valence-corrected chi connectivity index (χ0v) is 13.6. The van der Waals surface area contributed by atoms with Crippen molar-refractivity contribution in [2.24, 2.45) is 0 Å². The van der Waals surface area contributed by atoms with Crippen LogP contribution in [0.1, 0.15) is 11.1 Å². The van der Waals surface area contributed by atoms with Crippen LogP contribution in [0.2, 0.25) is 0 Å². The van der Waals surface area contributed by atoms with Crippen molar-refractivity contribution in [1.29, 1.82) is 0 Å². The van der Waals surface area contributed by atoms with Crippen LogP contribution in [0.3, 0.4) is 0 Å². The molecule has 0 bridgehead atoms. The Morgan fingerprint density at radius 2 is 1.76 bits per heavy atom. The first kappa shape index (κ1) is 18.4. The predicted octanol–water partition coefficient (Wildman–Crippen LogP) is 4.37. The highest BCUT2D eigenvalue weighted by molar-refractivity contribution is 6.02. The average Bonchev–Trinajstić information content (AvgIpc) is 2.59. The third kappa shape index (κ3) is 5.00. The molecule has 0 aliphatic heterocycles. The maximum atomic E-state index is 12.7. The molecule has 1 amide bonds. The van der Waals surface area contributed by atoms with Gasteiger partial charge in [0.05, 0.1) is 19.8 Å². The minimum atomic E-state index is -4.42. The molecule has 25 heavy (non-hydrogen) atoms. The molecule has 0 aromatic heterocycles. The fourth-order valence-electron chi connectivity index (χ4n) is 2.09. The normalized spacial score (nSPS) is 11.4. The third-order valence-electron chi connectivity index (χ3n) is 3.29. The molecular weight excluding hydrogens is 335 g/mol. The van der Waals surface area contributed by atoms with Gasteiger partial charge in [-0.1, -0.05) is 12.1 Å². The lowest BCUT2D eigenvalue weighted by Gasteiger charge is -2.09. The van der Waals surface area contributed by atoms with Crippen LogP contribution in [-0.4, -0.2) is 20.1 Å². The van der Waals surface area contributed by atoms with Crippen molar-refractivity contribution in [3.63, 3.8) is 0 Å². The molecule has 2 aromatic carbocycles. The van der Waals surface area contributed by atoms with Crippen LogP contribution in [0.5, 0.6) is 11.5 Å². The van der Waals surface area contributed by atoms with E-state index in [0.717, 1.165) is 18.2 Å². The molecule has 0 fully saturated rings. The number of rotatable bonds is 5. The number of alkyl halides is 3. The summed E-state index contributed by atoms with van der Waals surface area (Å²) in [6.07, 6.45) is -1.96. The quantitative estimate of drug-likeness (QED) is 0.814. The Kier molecular flexibility index (Phi) is 5.69. The molecule has 4 nitrogen and oxygen atoms in total. The number of halogens is 3. The van der Waals surface area contributed by atoms with Gasteiger partial charge in [-0.15, -0.1) is 0 Å². The van der Waals surface area contributed by atoms with Gasteiger partial charge in [-0.05, 0) is 35.9 Å². The van der Waals surface area contributed by atoms with Gasteiger partial charge >= 0.3 is 6.18 Å². The fourth-order valence-corrected chi connectivity index (χ4v) is 2.09. The summed E-state index contributed by atoms with van der Waals surface area (Å²) in [6.45, 7) is 0. The Balaban J connectivity index is 2.09. The van der Waals surface area contributed by atoms with Crippen LogP contribution in [0.4, 0.5) is 18.9 Å². The van der Waals surface area contributed by atoms with Crippen LogP contribution in [0.25, 0.3) is 6.08 Å². The van der Waals surface area contributed by atoms with Crippen molar-refractivity contribution < 1.29 is 27.4 Å². The van der Waals surface area contributed by atoms with E-state index < -0.39 is 17.6 Å². The number of carbonyl (C=O) groups is 1. The van der Waals surface area contributed by atoms with Crippen molar-refractivity contribution in [2.45, 2.75) is 6.18 Å². The van der Waals surface area contributed by atoms with E-state index in [2.05, 4.69) is 5.32 Å². The van der Waals surface area contributed by atoms with E-state index in [9.17, 15) is 18.0 Å². The number of ether oxygens (including phenoxy) is 2. The molecule has 2 rings (SSSR count). The SMILES string of the molecule is COc1ccc(NC(=O)/C=C/c2cccc(C(F)(F)F)c2)cc1OC. The molecule has 132 valence electrons. The van der Waals surface area contributed by atoms with Crippen LogP contribution < -0.4 is 14.8 Å². The number of anilines is 1. The Bertz CT molecular complexity index is 785. The molecule has 0 atom stereocenters. The summed E-state index contributed by atoms with van der Waals surface area (Å²) >= 11 is 0. The first-order chi connectivity index (χ1) is 11.8. The van der Waals surface area contributed by atoms with Gasteiger partial charge in [-0.3, -0.25) is 4.79 Å². The van der Waals surface area contributed by atoms with Gasteiger partial charge in [0.1, 0.15) is 0 Å². The van der Waals surface area contributed by atoms with E-state index in [1.165, 1.54) is 32.4 Å². The predicted molar refractivity (Wildman–Crippen MR) is 88.7 cm³/mol. The minimum absolute atomic E-state index is 0.275. The Labute approximate surface area is 142 Å². The van der Waals surface area contributed by atoms with E-state index in [1.807, 2.05) is 0 Å². The molecular formula is C18H16F3NO3. The molecule has 2 aromatic rings. The van der Waals surface area contributed by atoms with Gasteiger partial charge in [0.25, 0.3) is 0 Å². The maximum absolute atomic E-state index is 12.7. The van der Waals surface area contributed by atoms with Crippen LogP contribution in [0, 0.1) is 0 Å². The summed E-state index contributed by atoms with van der Waals surface area (Å²) in [6, 6.07) is 9.54. The lowest BCUT2D eigenvalue weighted by molar-refractivity contribution is -0.137. The molecule has 0 aliphatic rings. The number of amides is 1. The monoisotopic (exact) mass is 351 g/mol. The van der Waals surface area contributed by atoms with Gasteiger partial charge < -0.3 is 14.8 Å². The minimum Gasteiger partial charge on any atom is -0.493 e. The fraction of sp³-hybridized carbons (Fsp3) is 0.167. The van der Waals surface area contributed by atoms with Crippen molar-refractivity contribution in [1.82, 2.24) is 0 Å². The molecule has 0 spiro atoms. The molecule has 1 N–H and O–H groups in total. The zero-order valence-electron chi connectivity index (χ0n) is 13.6. The van der Waals surface area contributed by atoms with Crippen LogP contribution >= 0.6 is 0 Å². The Morgan fingerprint density at radius 1 is 1.04 bits per heavy atom. The summed E-state index contributed by atoms with van der Waals surface area (Å²) < 4.78 is 48.2. The summed E-state index contributed by atoms with van der Waals surface area (Å²) in [5.74, 6) is 0.479. The molecule has 0 unspecified atom stereocenters. The summed E-state index contributed by atoms with van der Waals surface area (Å²) in [7, 11) is 2.96. The van der Waals surface area contributed by atoms with E-state index >= 15 is 0 Å². The maximum Gasteiger partial charge on any atom is 0.416 e. The number of benzene rings is 2. The lowest BCUT2D eigenvalue weighted by atomic mass is 10.1. The standard InChI is InChI=1S/C18H16F3NO3/c1-24-15-8-7-14(11-16(15)25-2)22-17(23)9-6-12-4-3-5-13(10-12)18(19,20)21/h3-11H,1-2H3,(H,22,23)/b9-6+. The van der Waals surface area contributed by atoms with E-state index in [4.69, 9.17) is 9.47 Å². The molecule has 7 heteroatoms. The van der Waals surface area contributed by atoms with E-state index in [0.29, 0.717) is 17.2 Å². The van der Waals surface area contributed by atoms with E-state index in [-0.39, 0.29) is 5.56 Å². The molecule has 0 aliphatic carbocycles. The largest absolute Gasteiger partial charge is 0.493 e. The van der Waals surface area contributed by atoms with Gasteiger partial charge in [0.2, 0.25) is 5.91 Å². The average molecular weight is 351 g/mol. The van der Waals surface area contributed by atoms with Crippen molar-refractivity contribution in [3.05, 3.63) is 59.7 Å². The van der Waals surface area contributed by atoms with E-state index in [1.54, 1.807) is 18.2 Å². The zero-order chi connectivity index (χ0) is 18.4. The number of hydrogen-bond donors (Lipinski definition) is 1. The second kappa shape index (κ2) is 7.74. The Hall–Kier alpha value is -2.96. The van der Waals surface area contributed by atoms with Gasteiger partial charge in [-0.2, -0.15) is 13.2 Å². The molecule has 0 heterocycles. The molecule has 0 radical (unpaired) electrons. The Morgan fingerprint density at radius 3 is 2.40 bits per heavy atom. The smallest absolute Gasteiger partial charge is 0.416 e. The highest BCUT2D eigenvalue weighted by atomic mass is 19.4. The first-order valence-electron chi connectivity index (χ1n) is 7.22. The number of hydrogen-bond acceptors (Lipinski definition) is 3. The number of carbonyl (C=O) groups excluding carboxylic acids is 1. The number of nitrogens with one attached hydrogen (secondary N) is 1. The van der Waals surface area contributed by atoms with Crippen molar-refractivity contribution >= 4 is 17.7 Å². The van der Waals surface area contributed by atoms with Crippen molar-refractivity contribution in [2.75, 3.05) is 19.5 Å². The summed E-state index contributed by atoms with van der Waals surface area (Å²) in [5.41, 5.74) is -0.0245. The third-order valence-corrected chi connectivity index (χ3v) is 3.29. The summed E-state index contributed by atoms with van der Waals surface area (Å²) in [4.78, 5) is 11.9. The highest BCUT2D eigenvalue weighted by Gasteiger charge is 2.30. The topological polar surface area (TPSA) is 47.6 Å². The number of methoxy groups -OCH3 is 2. The van der Waals surface area contributed by atoms with Crippen molar-refractivity contribution in [3.8, 4) is 11.5 Å². The van der Waals surface area contributed by atoms with Gasteiger partial charge in [0, 0.05) is 17.8 Å². The van der Waals surface area contributed by atoms with Crippen LogP contribution in [0.15, 0.2) is 48.5 Å². The lowest BCUT2D eigenvalue weighted by Crippen LogP contribution is -2.08.